The maximum Gasteiger partial charge on any atom is 0.258 e. The number of benzene rings is 3. The molecule has 3 aromatic carbocycles. The topological polar surface area (TPSA) is 58.6 Å². The molecule has 3 aromatic rings. The minimum absolute atomic E-state index is 0.0133. The van der Waals surface area contributed by atoms with Crippen molar-refractivity contribution < 1.29 is 14.3 Å². The van der Waals surface area contributed by atoms with Gasteiger partial charge in [-0.25, -0.2) is 0 Å². The van der Waals surface area contributed by atoms with Crippen LogP contribution in [0.4, 0.5) is 11.4 Å². The Morgan fingerprint density at radius 1 is 1.00 bits per heavy atom. The van der Waals surface area contributed by atoms with Crippen molar-refractivity contribution in [1.82, 2.24) is 0 Å². The predicted octanol–water partition coefficient (Wildman–Crippen LogP) is 4.52. The number of hydrogen-bond acceptors (Lipinski definition) is 3. The number of halogens is 1. The molecule has 140 valence electrons. The van der Waals surface area contributed by atoms with Gasteiger partial charge in [0, 0.05) is 16.1 Å². The first-order chi connectivity index (χ1) is 13.6. The van der Waals surface area contributed by atoms with Crippen LogP contribution in [0.1, 0.15) is 15.9 Å². The summed E-state index contributed by atoms with van der Waals surface area (Å²) in [6, 6.07) is 21.6. The monoisotopic (exact) mass is 392 g/mol. The fraction of sp³-hybridized carbons (Fsp3) is 0.0909. The number of rotatable bonds is 4. The molecule has 0 bridgehead atoms. The van der Waals surface area contributed by atoms with Crippen molar-refractivity contribution in [3.05, 3.63) is 88.9 Å². The van der Waals surface area contributed by atoms with E-state index in [1.807, 2.05) is 42.5 Å². The summed E-state index contributed by atoms with van der Waals surface area (Å²) >= 11 is 6.13. The highest BCUT2D eigenvalue weighted by atomic mass is 35.5. The Morgan fingerprint density at radius 3 is 2.50 bits per heavy atom. The molecule has 0 saturated heterocycles. The molecule has 1 aliphatic heterocycles. The van der Waals surface area contributed by atoms with Crippen LogP contribution in [0.5, 0.6) is 5.75 Å². The summed E-state index contributed by atoms with van der Waals surface area (Å²) in [7, 11) is 0. The lowest BCUT2D eigenvalue weighted by Gasteiger charge is -2.29. The summed E-state index contributed by atoms with van der Waals surface area (Å²) < 4.78 is 5.75. The van der Waals surface area contributed by atoms with Gasteiger partial charge in [-0.05, 0) is 42.5 Å². The molecule has 5 nitrogen and oxygen atoms in total. The van der Waals surface area contributed by atoms with E-state index in [4.69, 9.17) is 16.3 Å². The minimum atomic E-state index is -0.236. The molecule has 1 heterocycles. The highest BCUT2D eigenvalue weighted by molar-refractivity contribution is 6.31. The number of carbonyl (C=O) groups excluding carboxylic acids is 2. The third kappa shape index (κ3) is 3.70. The summed E-state index contributed by atoms with van der Waals surface area (Å²) in [6.45, 7) is 0.327. The van der Waals surface area contributed by atoms with Crippen LogP contribution >= 0.6 is 11.6 Å². The lowest BCUT2D eigenvalue weighted by atomic mass is 10.1. The molecular weight excluding hydrogens is 376 g/mol. The van der Waals surface area contributed by atoms with E-state index in [-0.39, 0.29) is 18.4 Å². The first kappa shape index (κ1) is 18.1. The number of nitrogens with one attached hydrogen (secondary N) is 1. The standard InChI is InChI=1S/C22H17ClN2O3/c23-18-6-2-1-5-16(18)14-28-17-11-9-15(10-12-17)22(27)25-13-21(26)24-19-7-3-4-8-20(19)25/h1-12H,13-14H2,(H,24,26). The third-order valence-corrected chi connectivity index (χ3v) is 4.84. The largest absolute Gasteiger partial charge is 0.489 e. The fourth-order valence-corrected chi connectivity index (χ4v) is 3.23. The maximum atomic E-state index is 12.9. The van der Waals surface area contributed by atoms with E-state index in [0.717, 1.165) is 5.56 Å². The van der Waals surface area contributed by atoms with E-state index in [2.05, 4.69) is 5.32 Å². The van der Waals surface area contributed by atoms with Gasteiger partial charge in [0.15, 0.2) is 0 Å². The molecule has 0 fully saturated rings. The first-order valence-corrected chi connectivity index (χ1v) is 9.16. The van der Waals surface area contributed by atoms with Crippen molar-refractivity contribution in [3.63, 3.8) is 0 Å². The molecule has 4 rings (SSSR count). The van der Waals surface area contributed by atoms with Crippen LogP contribution in [-0.4, -0.2) is 18.4 Å². The van der Waals surface area contributed by atoms with Gasteiger partial charge in [0.05, 0.1) is 11.4 Å². The zero-order valence-corrected chi connectivity index (χ0v) is 15.6. The lowest BCUT2D eigenvalue weighted by Crippen LogP contribution is -2.42. The van der Waals surface area contributed by atoms with Crippen LogP contribution in [0.3, 0.4) is 0 Å². The van der Waals surface area contributed by atoms with Gasteiger partial charge in [-0.15, -0.1) is 0 Å². The number of ether oxygens (including phenoxy) is 1. The molecule has 0 atom stereocenters. The molecule has 0 radical (unpaired) electrons. The van der Waals surface area contributed by atoms with Gasteiger partial charge < -0.3 is 10.1 Å². The number of hydrogen-bond donors (Lipinski definition) is 1. The second-order valence-corrected chi connectivity index (χ2v) is 6.77. The highest BCUT2D eigenvalue weighted by Gasteiger charge is 2.27. The van der Waals surface area contributed by atoms with Crippen LogP contribution < -0.4 is 15.0 Å². The second-order valence-electron chi connectivity index (χ2n) is 6.36. The Hall–Kier alpha value is -3.31. The molecule has 1 aliphatic rings. The Labute approximate surface area is 167 Å². The minimum Gasteiger partial charge on any atom is -0.489 e. The molecule has 6 heteroatoms. The van der Waals surface area contributed by atoms with Gasteiger partial charge >= 0.3 is 0 Å². The van der Waals surface area contributed by atoms with E-state index in [9.17, 15) is 9.59 Å². The molecule has 0 unspecified atom stereocenters. The first-order valence-electron chi connectivity index (χ1n) is 8.79. The van der Waals surface area contributed by atoms with Gasteiger partial charge in [-0.2, -0.15) is 0 Å². The van der Waals surface area contributed by atoms with Crippen molar-refractivity contribution in [2.24, 2.45) is 0 Å². The quantitative estimate of drug-likeness (QED) is 0.710. The molecule has 0 aromatic heterocycles. The molecule has 2 amide bonds. The second kappa shape index (κ2) is 7.74. The molecule has 0 saturated carbocycles. The van der Waals surface area contributed by atoms with Crippen molar-refractivity contribution in [1.29, 1.82) is 0 Å². The van der Waals surface area contributed by atoms with Gasteiger partial charge in [0.2, 0.25) is 5.91 Å². The number of fused-ring (bicyclic) bond motifs is 1. The van der Waals surface area contributed by atoms with E-state index in [0.29, 0.717) is 34.3 Å². The van der Waals surface area contributed by atoms with Gasteiger partial charge in [0.25, 0.3) is 5.91 Å². The number of amides is 2. The van der Waals surface area contributed by atoms with Crippen molar-refractivity contribution in [3.8, 4) is 5.75 Å². The average Bonchev–Trinajstić information content (AvgIpc) is 2.72. The zero-order chi connectivity index (χ0) is 19.5. The molecule has 0 aliphatic carbocycles. The van der Waals surface area contributed by atoms with Gasteiger partial charge in [0.1, 0.15) is 18.9 Å². The van der Waals surface area contributed by atoms with Crippen LogP contribution in [0.15, 0.2) is 72.8 Å². The Bertz CT molecular complexity index is 1030. The lowest BCUT2D eigenvalue weighted by molar-refractivity contribution is -0.115. The van der Waals surface area contributed by atoms with E-state index in [1.54, 1.807) is 30.3 Å². The van der Waals surface area contributed by atoms with Crippen LogP contribution in [0.2, 0.25) is 5.02 Å². The normalized spacial score (nSPS) is 12.9. The Kier molecular flexibility index (Phi) is 5.00. The molecule has 0 spiro atoms. The summed E-state index contributed by atoms with van der Waals surface area (Å²) in [6.07, 6.45) is 0. The van der Waals surface area contributed by atoms with Crippen molar-refractivity contribution >= 4 is 34.8 Å². The number of nitrogens with zero attached hydrogens (tertiary/aromatic N) is 1. The summed E-state index contributed by atoms with van der Waals surface area (Å²) in [5, 5.41) is 3.43. The van der Waals surface area contributed by atoms with E-state index in [1.165, 1.54) is 4.90 Å². The fourth-order valence-electron chi connectivity index (χ4n) is 3.04. The third-order valence-electron chi connectivity index (χ3n) is 4.47. The Balaban J connectivity index is 1.49. The predicted molar refractivity (Wildman–Crippen MR) is 109 cm³/mol. The van der Waals surface area contributed by atoms with Crippen LogP contribution in [-0.2, 0) is 11.4 Å². The number of carbonyl (C=O) groups is 2. The SMILES string of the molecule is O=C1CN(C(=O)c2ccc(OCc3ccccc3Cl)cc2)c2ccccc2N1. The Morgan fingerprint density at radius 2 is 1.71 bits per heavy atom. The van der Waals surface area contributed by atoms with Crippen LogP contribution in [0, 0.1) is 0 Å². The van der Waals surface area contributed by atoms with E-state index < -0.39 is 0 Å². The van der Waals surface area contributed by atoms with Crippen LogP contribution in [0.25, 0.3) is 0 Å². The smallest absolute Gasteiger partial charge is 0.258 e. The van der Waals surface area contributed by atoms with Crippen molar-refractivity contribution in [2.75, 3.05) is 16.8 Å². The summed E-state index contributed by atoms with van der Waals surface area (Å²) in [4.78, 5) is 26.3. The average molecular weight is 393 g/mol. The maximum absolute atomic E-state index is 12.9. The number of para-hydroxylation sites is 2. The highest BCUT2D eigenvalue weighted by Crippen LogP contribution is 2.30. The van der Waals surface area contributed by atoms with Gasteiger partial charge in [-0.3, -0.25) is 14.5 Å². The molecule has 1 N–H and O–H groups in total. The van der Waals surface area contributed by atoms with E-state index >= 15 is 0 Å². The van der Waals surface area contributed by atoms with Gasteiger partial charge in [-0.1, -0.05) is 41.9 Å². The number of anilines is 2. The zero-order valence-electron chi connectivity index (χ0n) is 14.9. The summed E-state index contributed by atoms with van der Waals surface area (Å²) in [5.74, 6) is 0.181. The van der Waals surface area contributed by atoms with Crippen molar-refractivity contribution in [2.45, 2.75) is 6.61 Å². The molecular formula is C22H17ClN2O3. The molecule has 28 heavy (non-hydrogen) atoms. The summed E-state index contributed by atoms with van der Waals surface area (Å²) in [5.41, 5.74) is 2.69.